The van der Waals surface area contributed by atoms with Crippen molar-refractivity contribution >= 4 is 22.6 Å². The van der Waals surface area contributed by atoms with Crippen LogP contribution in [0.4, 0.5) is 26.3 Å². The molecule has 0 fully saturated rings. The molecular weight excluding hydrogens is 424 g/mol. The molecule has 0 amide bonds. The molecule has 0 radical (unpaired) electrons. The van der Waals surface area contributed by atoms with Gasteiger partial charge in [0.05, 0.1) is 32.9 Å². The molecule has 1 atom stereocenters. The summed E-state index contributed by atoms with van der Waals surface area (Å²) < 4.78 is 80.2. The van der Waals surface area contributed by atoms with Crippen molar-refractivity contribution < 1.29 is 31.4 Å². The first-order valence-corrected chi connectivity index (χ1v) is 8.23. The van der Waals surface area contributed by atoms with Crippen LogP contribution in [0.15, 0.2) is 36.7 Å². The van der Waals surface area contributed by atoms with Gasteiger partial charge in [0.25, 0.3) is 0 Å². The fourth-order valence-corrected chi connectivity index (χ4v) is 3.16. The Hall–Kier alpha value is -2.77. The Balaban J connectivity index is 2.38. The van der Waals surface area contributed by atoms with Gasteiger partial charge in [-0.1, -0.05) is 11.6 Å². The quantitative estimate of drug-likeness (QED) is 0.555. The van der Waals surface area contributed by atoms with Crippen LogP contribution in [0.5, 0.6) is 0 Å². The Bertz CT molecular complexity index is 1140. The molecule has 29 heavy (non-hydrogen) atoms. The zero-order valence-electron chi connectivity index (χ0n) is 14.4. The molecule has 0 saturated carbocycles. The third-order valence-electron chi connectivity index (χ3n) is 4.39. The van der Waals surface area contributed by atoms with E-state index in [2.05, 4.69) is 4.98 Å². The second-order valence-electron chi connectivity index (χ2n) is 6.32. The molecule has 4 nitrogen and oxygen atoms in total. The summed E-state index contributed by atoms with van der Waals surface area (Å²) in [4.78, 5) is 3.86. The number of halogens is 7. The first-order chi connectivity index (χ1) is 13.3. The number of hydrogen-bond donors (Lipinski definition) is 1. The summed E-state index contributed by atoms with van der Waals surface area (Å²) in [5.41, 5.74) is -6.12. The summed E-state index contributed by atoms with van der Waals surface area (Å²) in [6, 6.07) is 5.42. The van der Waals surface area contributed by atoms with Gasteiger partial charge in [-0.15, -0.1) is 0 Å². The van der Waals surface area contributed by atoms with Gasteiger partial charge in [0.15, 0.2) is 5.60 Å². The highest BCUT2D eigenvalue weighted by Crippen LogP contribution is 2.43. The molecule has 2 aromatic heterocycles. The van der Waals surface area contributed by atoms with Crippen LogP contribution in [-0.4, -0.2) is 20.8 Å². The molecule has 1 aromatic carbocycles. The Labute approximate surface area is 164 Å². The molecule has 0 aliphatic heterocycles. The minimum Gasteiger partial charge on any atom is -0.376 e. The minimum atomic E-state index is -5.06. The summed E-state index contributed by atoms with van der Waals surface area (Å²) in [6.07, 6.45) is -7.78. The molecule has 0 aliphatic rings. The van der Waals surface area contributed by atoms with Crippen LogP contribution in [0.25, 0.3) is 16.7 Å². The van der Waals surface area contributed by atoms with Crippen LogP contribution in [0.2, 0.25) is 5.02 Å². The highest BCUT2D eigenvalue weighted by molar-refractivity contribution is 6.32. The smallest absolute Gasteiger partial charge is 0.376 e. The van der Waals surface area contributed by atoms with E-state index >= 15 is 0 Å². The van der Waals surface area contributed by atoms with Gasteiger partial charge in [-0.2, -0.15) is 31.6 Å². The molecular formula is C18H10ClF6N3O. The van der Waals surface area contributed by atoms with Crippen LogP contribution in [0, 0.1) is 11.3 Å². The lowest BCUT2D eigenvalue weighted by Gasteiger charge is -2.25. The average molecular weight is 434 g/mol. The number of nitriles is 1. The van der Waals surface area contributed by atoms with Crippen LogP contribution in [-0.2, 0) is 11.8 Å². The van der Waals surface area contributed by atoms with Crippen molar-refractivity contribution in [1.82, 2.24) is 9.55 Å². The topological polar surface area (TPSA) is 61.8 Å². The first-order valence-electron chi connectivity index (χ1n) is 7.86. The number of nitrogens with zero attached hydrogens (tertiary/aromatic N) is 3. The zero-order valence-corrected chi connectivity index (χ0v) is 15.2. The largest absolute Gasteiger partial charge is 0.421 e. The predicted molar refractivity (Wildman–Crippen MR) is 91.4 cm³/mol. The van der Waals surface area contributed by atoms with Crippen molar-refractivity contribution in [2.75, 3.05) is 0 Å². The number of hydrogen-bond acceptors (Lipinski definition) is 3. The molecule has 0 saturated heterocycles. The zero-order chi connectivity index (χ0) is 21.8. The van der Waals surface area contributed by atoms with Gasteiger partial charge < -0.3 is 9.67 Å². The van der Waals surface area contributed by atoms with E-state index in [9.17, 15) is 36.7 Å². The lowest BCUT2D eigenvalue weighted by atomic mass is 9.97. The summed E-state index contributed by atoms with van der Waals surface area (Å²) in [7, 11) is 0. The van der Waals surface area contributed by atoms with Crippen molar-refractivity contribution in [3.63, 3.8) is 0 Å². The Kier molecular flexibility index (Phi) is 4.80. The average Bonchev–Trinajstić information content (AvgIpc) is 2.99. The van der Waals surface area contributed by atoms with Crippen molar-refractivity contribution in [2.45, 2.75) is 24.9 Å². The number of aliphatic hydroxyl groups is 1. The second kappa shape index (κ2) is 6.64. The van der Waals surface area contributed by atoms with E-state index in [0.717, 1.165) is 10.8 Å². The van der Waals surface area contributed by atoms with Gasteiger partial charge in [-0.3, -0.25) is 4.98 Å². The van der Waals surface area contributed by atoms with Crippen LogP contribution >= 0.6 is 11.6 Å². The molecule has 3 aromatic rings. The van der Waals surface area contributed by atoms with E-state index < -0.39 is 39.7 Å². The maximum Gasteiger partial charge on any atom is 0.421 e. The molecule has 0 spiro atoms. The minimum absolute atomic E-state index is 0.0187. The van der Waals surface area contributed by atoms with Gasteiger partial charge in [-0.25, -0.2) is 0 Å². The normalized spacial score (nSPS) is 14.6. The van der Waals surface area contributed by atoms with Gasteiger partial charge in [-0.05, 0) is 31.2 Å². The highest BCUT2D eigenvalue weighted by atomic mass is 35.5. The van der Waals surface area contributed by atoms with E-state index in [1.165, 1.54) is 18.3 Å². The summed E-state index contributed by atoms with van der Waals surface area (Å²) in [5, 5.41) is 18.9. The van der Waals surface area contributed by atoms with Gasteiger partial charge in [0.1, 0.15) is 6.07 Å². The van der Waals surface area contributed by atoms with Crippen molar-refractivity contribution in [3.8, 4) is 11.8 Å². The third-order valence-corrected chi connectivity index (χ3v) is 4.68. The fraction of sp³-hybridized carbons (Fsp3) is 0.222. The Morgan fingerprint density at radius 1 is 1.17 bits per heavy atom. The van der Waals surface area contributed by atoms with Crippen LogP contribution in [0.3, 0.4) is 0 Å². The number of pyridine rings is 1. The first kappa shape index (κ1) is 21.0. The summed E-state index contributed by atoms with van der Waals surface area (Å²) in [6.45, 7) is 0.528. The van der Waals surface area contributed by atoms with E-state index in [1.807, 2.05) is 0 Å². The predicted octanol–water partition coefficient (Wildman–Crippen LogP) is 5.34. The molecule has 1 N–H and O–H groups in total. The van der Waals surface area contributed by atoms with Gasteiger partial charge >= 0.3 is 12.4 Å². The maximum atomic E-state index is 13.4. The number of aromatic nitrogens is 2. The molecule has 3 rings (SSSR count). The van der Waals surface area contributed by atoms with Crippen LogP contribution < -0.4 is 0 Å². The van der Waals surface area contributed by atoms with Crippen molar-refractivity contribution in [1.29, 1.82) is 5.26 Å². The number of rotatable bonds is 2. The van der Waals surface area contributed by atoms with E-state index in [4.69, 9.17) is 11.6 Å². The van der Waals surface area contributed by atoms with E-state index in [-0.39, 0.29) is 16.7 Å². The molecule has 11 heteroatoms. The van der Waals surface area contributed by atoms with Crippen molar-refractivity contribution in [3.05, 3.63) is 58.4 Å². The monoisotopic (exact) mass is 433 g/mol. The van der Waals surface area contributed by atoms with E-state index in [0.29, 0.717) is 19.1 Å². The summed E-state index contributed by atoms with van der Waals surface area (Å²) >= 11 is 5.99. The van der Waals surface area contributed by atoms with Crippen molar-refractivity contribution in [2.24, 2.45) is 0 Å². The van der Waals surface area contributed by atoms with Gasteiger partial charge in [0.2, 0.25) is 0 Å². The SMILES string of the molecule is CC(O)(c1cn(-c2c(Cl)cc(C(F)(F)F)cc2C#N)c2cccnc12)C(F)(F)F. The third kappa shape index (κ3) is 3.41. The maximum absolute atomic E-state index is 13.4. The lowest BCUT2D eigenvalue weighted by Crippen LogP contribution is -2.39. The molecule has 2 heterocycles. The van der Waals surface area contributed by atoms with Gasteiger partial charge in [0, 0.05) is 18.0 Å². The molecule has 1 unspecified atom stereocenters. The standard InChI is InChI=1S/C18H10ClF6N3O/c1-16(29,18(23,24)25)11-8-28(13-3-2-4-27-14(11)13)15-9(7-26)5-10(6-12(15)19)17(20,21)22/h2-6,8,29H,1H3. The van der Waals surface area contributed by atoms with E-state index in [1.54, 1.807) is 6.07 Å². The van der Waals surface area contributed by atoms with Crippen LogP contribution in [0.1, 0.15) is 23.6 Å². The molecule has 0 bridgehead atoms. The molecule has 0 aliphatic carbocycles. The molecule has 152 valence electrons. The Morgan fingerprint density at radius 3 is 2.38 bits per heavy atom. The second-order valence-corrected chi connectivity index (χ2v) is 6.72. The Morgan fingerprint density at radius 2 is 1.83 bits per heavy atom. The number of benzene rings is 1. The highest BCUT2D eigenvalue weighted by Gasteiger charge is 2.53. The fourth-order valence-electron chi connectivity index (χ4n) is 2.85. The summed E-state index contributed by atoms with van der Waals surface area (Å²) in [5.74, 6) is 0. The number of fused-ring (bicyclic) bond motifs is 1. The lowest BCUT2D eigenvalue weighted by molar-refractivity contribution is -0.258. The number of alkyl halides is 6.